The number of alkyl halides is 3. The van der Waals surface area contributed by atoms with Gasteiger partial charge in [-0.2, -0.15) is 13.2 Å². The van der Waals surface area contributed by atoms with Gasteiger partial charge in [0.25, 0.3) is 0 Å². The van der Waals surface area contributed by atoms with Crippen molar-refractivity contribution in [3.8, 4) is 0 Å². The fourth-order valence-electron chi connectivity index (χ4n) is 0.918. The Balaban J connectivity index is 2.29. The first kappa shape index (κ1) is 9.51. The maximum absolute atomic E-state index is 11.6. The summed E-state index contributed by atoms with van der Waals surface area (Å²) in [5.41, 5.74) is 4.49. The molecular formula is C7H10F3NO. The summed E-state index contributed by atoms with van der Waals surface area (Å²) >= 11 is 0. The van der Waals surface area contributed by atoms with Gasteiger partial charge in [-0.25, -0.2) is 0 Å². The number of carbonyl (C=O) groups is 1. The Kier molecular flexibility index (Phi) is 2.16. The lowest BCUT2D eigenvalue weighted by Crippen LogP contribution is -2.33. The molecule has 12 heavy (non-hydrogen) atoms. The predicted molar refractivity (Wildman–Crippen MR) is 36.4 cm³/mol. The average molecular weight is 181 g/mol. The highest BCUT2D eigenvalue weighted by atomic mass is 19.4. The topological polar surface area (TPSA) is 43.1 Å². The summed E-state index contributed by atoms with van der Waals surface area (Å²) in [4.78, 5) is 10.9. The van der Waals surface area contributed by atoms with Crippen LogP contribution in [-0.2, 0) is 4.79 Å². The lowest BCUT2D eigenvalue weighted by molar-refractivity contribution is -0.144. The van der Waals surface area contributed by atoms with Crippen LogP contribution in [0, 0.1) is 0 Å². The molecule has 0 aromatic rings. The zero-order valence-electron chi connectivity index (χ0n) is 6.45. The van der Waals surface area contributed by atoms with Gasteiger partial charge in [0.05, 0.1) is 12.0 Å². The minimum absolute atomic E-state index is 0.458. The first-order valence-electron chi connectivity index (χ1n) is 3.72. The summed E-state index contributed by atoms with van der Waals surface area (Å²) in [6.45, 7) is 0. The summed E-state index contributed by atoms with van der Waals surface area (Å²) in [5, 5.41) is 0. The first-order valence-corrected chi connectivity index (χ1v) is 3.72. The van der Waals surface area contributed by atoms with Gasteiger partial charge in [0.1, 0.15) is 0 Å². The maximum Gasteiger partial charge on any atom is 0.389 e. The molecule has 0 bridgehead atoms. The average Bonchev–Trinajstić information content (AvgIpc) is 2.62. The Hall–Kier alpha value is -0.580. The Morgan fingerprint density at radius 2 is 1.92 bits per heavy atom. The molecule has 5 heteroatoms. The molecule has 0 aromatic carbocycles. The molecule has 0 amide bonds. The predicted octanol–water partition coefficient (Wildman–Crippen LogP) is 1.39. The quantitative estimate of drug-likeness (QED) is 0.714. The molecule has 0 unspecified atom stereocenters. The summed E-state index contributed by atoms with van der Waals surface area (Å²) < 4.78 is 34.9. The van der Waals surface area contributed by atoms with E-state index in [-0.39, 0.29) is 0 Å². The van der Waals surface area contributed by atoms with Gasteiger partial charge in [0.15, 0.2) is 5.78 Å². The third kappa shape index (κ3) is 2.48. The molecule has 1 aliphatic rings. The molecule has 0 saturated heterocycles. The van der Waals surface area contributed by atoms with Crippen molar-refractivity contribution < 1.29 is 18.0 Å². The standard InChI is InChI=1S/C7H10F3NO/c8-7(9,10)2-1-5(12)6(11)3-4-6/h1-4,11H2. The molecule has 1 saturated carbocycles. The van der Waals surface area contributed by atoms with Crippen LogP contribution in [0.2, 0.25) is 0 Å². The number of hydrogen-bond acceptors (Lipinski definition) is 2. The van der Waals surface area contributed by atoms with Gasteiger partial charge in [-0.15, -0.1) is 0 Å². The Morgan fingerprint density at radius 3 is 2.25 bits per heavy atom. The van der Waals surface area contributed by atoms with E-state index >= 15 is 0 Å². The van der Waals surface area contributed by atoms with E-state index in [0.29, 0.717) is 12.8 Å². The number of halogens is 3. The molecule has 1 fully saturated rings. The van der Waals surface area contributed by atoms with Crippen LogP contribution >= 0.6 is 0 Å². The van der Waals surface area contributed by atoms with Crippen molar-refractivity contribution in [1.29, 1.82) is 0 Å². The second kappa shape index (κ2) is 2.73. The fraction of sp³-hybridized carbons (Fsp3) is 0.857. The first-order chi connectivity index (χ1) is 5.33. The van der Waals surface area contributed by atoms with Crippen LogP contribution in [0.3, 0.4) is 0 Å². The Morgan fingerprint density at radius 1 is 1.42 bits per heavy atom. The van der Waals surface area contributed by atoms with Crippen molar-refractivity contribution in [2.45, 2.75) is 37.4 Å². The highest BCUT2D eigenvalue weighted by Crippen LogP contribution is 2.35. The van der Waals surface area contributed by atoms with E-state index in [1.54, 1.807) is 0 Å². The van der Waals surface area contributed by atoms with Gasteiger partial charge in [-0.1, -0.05) is 0 Å². The van der Waals surface area contributed by atoms with Crippen molar-refractivity contribution in [3.63, 3.8) is 0 Å². The zero-order valence-corrected chi connectivity index (χ0v) is 6.45. The molecule has 0 heterocycles. The lowest BCUT2D eigenvalue weighted by Gasteiger charge is -2.08. The molecule has 1 aliphatic carbocycles. The van der Waals surface area contributed by atoms with Gasteiger partial charge in [-0.3, -0.25) is 4.79 Å². The van der Waals surface area contributed by atoms with Crippen LogP contribution in [0.15, 0.2) is 0 Å². The second-order valence-electron chi connectivity index (χ2n) is 3.19. The molecule has 70 valence electrons. The SMILES string of the molecule is NC1(C(=O)CCC(F)(F)F)CC1. The number of nitrogens with two attached hydrogens (primary N) is 1. The van der Waals surface area contributed by atoms with Crippen LogP contribution < -0.4 is 5.73 Å². The van der Waals surface area contributed by atoms with E-state index in [1.165, 1.54) is 0 Å². The molecule has 0 radical (unpaired) electrons. The maximum atomic E-state index is 11.6. The van der Waals surface area contributed by atoms with Crippen molar-refractivity contribution in [3.05, 3.63) is 0 Å². The molecule has 0 spiro atoms. The van der Waals surface area contributed by atoms with E-state index in [2.05, 4.69) is 0 Å². The molecule has 0 aliphatic heterocycles. The van der Waals surface area contributed by atoms with Crippen LogP contribution in [-0.4, -0.2) is 17.5 Å². The minimum Gasteiger partial charge on any atom is -0.319 e. The molecule has 2 nitrogen and oxygen atoms in total. The summed E-state index contributed by atoms with van der Waals surface area (Å²) in [7, 11) is 0. The van der Waals surface area contributed by atoms with Crippen LogP contribution in [0.1, 0.15) is 25.7 Å². The Bertz CT molecular complexity index is 195. The molecular weight excluding hydrogens is 171 g/mol. The molecule has 1 rings (SSSR count). The van der Waals surface area contributed by atoms with E-state index in [1.807, 2.05) is 0 Å². The van der Waals surface area contributed by atoms with E-state index in [9.17, 15) is 18.0 Å². The van der Waals surface area contributed by atoms with Crippen molar-refractivity contribution in [2.75, 3.05) is 0 Å². The smallest absolute Gasteiger partial charge is 0.319 e. The highest BCUT2D eigenvalue weighted by molar-refractivity contribution is 5.90. The van der Waals surface area contributed by atoms with Gasteiger partial charge < -0.3 is 5.73 Å². The van der Waals surface area contributed by atoms with Gasteiger partial charge in [0.2, 0.25) is 0 Å². The monoisotopic (exact) mass is 181 g/mol. The van der Waals surface area contributed by atoms with Crippen molar-refractivity contribution >= 4 is 5.78 Å². The van der Waals surface area contributed by atoms with Gasteiger partial charge in [0, 0.05) is 6.42 Å². The van der Waals surface area contributed by atoms with Gasteiger partial charge >= 0.3 is 6.18 Å². The van der Waals surface area contributed by atoms with Crippen LogP contribution in [0.5, 0.6) is 0 Å². The second-order valence-corrected chi connectivity index (χ2v) is 3.19. The number of ketones is 1. The Labute approximate surface area is 67.9 Å². The number of carbonyl (C=O) groups excluding carboxylic acids is 1. The summed E-state index contributed by atoms with van der Waals surface area (Å²) in [6, 6.07) is 0. The van der Waals surface area contributed by atoms with Gasteiger partial charge in [-0.05, 0) is 12.8 Å². The molecule has 2 N–H and O–H groups in total. The lowest BCUT2D eigenvalue weighted by atomic mass is 10.1. The van der Waals surface area contributed by atoms with Crippen molar-refractivity contribution in [1.82, 2.24) is 0 Å². The largest absolute Gasteiger partial charge is 0.389 e. The van der Waals surface area contributed by atoms with E-state index in [4.69, 9.17) is 5.73 Å². The summed E-state index contributed by atoms with van der Waals surface area (Å²) in [6.07, 6.45) is -4.71. The molecule has 0 atom stereocenters. The number of Topliss-reactive ketones (excluding diaryl/α,β-unsaturated/α-hetero) is 1. The number of hydrogen-bond donors (Lipinski definition) is 1. The normalized spacial score (nSPS) is 20.7. The fourth-order valence-corrected chi connectivity index (χ4v) is 0.918. The van der Waals surface area contributed by atoms with E-state index in [0.717, 1.165) is 0 Å². The summed E-state index contributed by atoms with van der Waals surface area (Å²) in [5.74, 6) is -0.458. The van der Waals surface area contributed by atoms with Crippen molar-refractivity contribution in [2.24, 2.45) is 5.73 Å². The van der Waals surface area contributed by atoms with Crippen LogP contribution in [0.25, 0.3) is 0 Å². The van der Waals surface area contributed by atoms with Crippen LogP contribution in [0.4, 0.5) is 13.2 Å². The third-order valence-electron chi connectivity index (χ3n) is 1.98. The zero-order chi connectivity index (χ0) is 9.41. The minimum atomic E-state index is -4.25. The molecule has 0 aromatic heterocycles. The number of rotatable bonds is 3. The third-order valence-corrected chi connectivity index (χ3v) is 1.98. The highest BCUT2D eigenvalue weighted by Gasteiger charge is 2.46. The van der Waals surface area contributed by atoms with E-state index < -0.39 is 30.3 Å².